The molecule has 2 aromatic carbocycles. The van der Waals surface area contributed by atoms with Crippen molar-refractivity contribution in [2.24, 2.45) is 0 Å². The number of hydrogen-bond acceptors (Lipinski definition) is 2. The summed E-state index contributed by atoms with van der Waals surface area (Å²) in [5.74, 6) is 0. The molecule has 2 nitrogen and oxygen atoms in total. The molecule has 1 N–H and O–H groups in total. The van der Waals surface area contributed by atoms with Gasteiger partial charge in [0, 0.05) is 5.70 Å². The number of fused-ring (bicyclic) bond motifs is 1. The van der Waals surface area contributed by atoms with E-state index in [2.05, 4.69) is 36.4 Å². The Bertz CT molecular complexity index is 774. The Morgan fingerprint density at radius 1 is 0.870 bits per heavy atom. The zero-order valence-corrected chi connectivity index (χ0v) is 13.4. The number of benzene rings is 2. The van der Waals surface area contributed by atoms with Gasteiger partial charge >= 0.3 is 0 Å². The van der Waals surface area contributed by atoms with E-state index < -0.39 is 0 Å². The highest BCUT2D eigenvalue weighted by Crippen LogP contribution is 2.49. The van der Waals surface area contributed by atoms with Crippen LogP contribution in [0.25, 0.3) is 5.57 Å². The van der Waals surface area contributed by atoms with Crippen LogP contribution >= 0.6 is 0 Å². The molecule has 1 saturated carbocycles. The first kappa shape index (κ1) is 14.3. The van der Waals surface area contributed by atoms with Gasteiger partial charge in [-0.05, 0) is 54.0 Å². The van der Waals surface area contributed by atoms with Gasteiger partial charge in [-0.2, -0.15) is 0 Å². The lowest BCUT2D eigenvalue weighted by Crippen LogP contribution is -2.29. The third-order valence-corrected chi connectivity index (χ3v) is 5.04. The highest BCUT2D eigenvalue weighted by molar-refractivity contribution is 5.79. The van der Waals surface area contributed by atoms with Crippen LogP contribution in [0.15, 0.2) is 77.5 Å². The third kappa shape index (κ3) is 2.30. The quantitative estimate of drug-likeness (QED) is 0.809. The van der Waals surface area contributed by atoms with E-state index in [1.165, 1.54) is 33.8 Å². The molecule has 23 heavy (non-hydrogen) atoms. The molecule has 1 atom stereocenters. The molecule has 2 aromatic rings. The summed E-state index contributed by atoms with van der Waals surface area (Å²) >= 11 is 0. The van der Waals surface area contributed by atoms with E-state index in [1.54, 1.807) is 0 Å². The molecule has 2 heteroatoms. The Labute approximate surface area is 137 Å². The zero-order chi connectivity index (χ0) is 15.8. The minimum Gasteiger partial charge on any atom is -0.288 e. The monoisotopic (exact) mass is 303 g/mol. The highest BCUT2D eigenvalue weighted by atomic mass is 16.5. The molecular weight excluding hydrogens is 282 g/mol. The van der Waals surface area contributed by atoms with Gasteiger partial charge in [0.25, 0.3) is 0 Å². The second-order valence-electron chi connectivity index (χ2n) is 6.33. The fourth-order valence-electron chi connectivity index (χ4n) is 3.95. The van der Waals surface area contributed by atoms with E-state index in [-0.39, 0.29) is 6.04 Å². The number of hydrogen-bond donors (Lipinski definition) is 1. The minimum atomic E-state index is -0.129. The Hall–Kier alpha value is -2.32. The predicted octanol–water partition coefficient (Wildman–Crippen LogP) is 5.34. The molecule has 1 aliphatic carbocycles. The highest BCUT2D eigenvalue weighted by Gasteiger charge is 2.35. The van der Waals surface area contributed by atoms with Crippen molar-refractivity contribution in [2.45, 2.75) is 32.2 Å². The van der Waals surface area contributed by atoms with Crippen LogP contribution in [0.4, 0.5) is 0 Å². The molecular formula is C21H21NO. The average molecular weight is 303 g/mol. The van der Waals surface area contributed by atoms with E-state index in [9.17, 15) is 5.21 Å². The standard InChI is InChI=1S/C21H21NO/c1-15-18-13-8-14-19(18)20(16-9-4-2-5-10-16)21(22(15)23)17-11-6-3-7-12-17/h2-7,9-12,21,23H,8,13-14H2,1H3. The molecule has 0 radical (unpaired) electrons. The summed E-state index contributed by atoms with van der Waals surface area (Å²) in [6.45, 7) is 2.04. The van der Waals surface area contributed by atoms with E-state index in [0.29, 0.717) is 0 Å². The van der Waals surface area contributed by atoms with Crippen LogP contribution in [0.1, 0.15) is 43.4 Å². The second-order valence-corrected chi connectivity index (χ2v) is 6.33. The molecule has 1 heterocycles. The van der Waals surface area contributed by atoms with Crippen LogP contribution in [-0.4, -0.2) is 10.3 Å². The van der Waals surface area contributed by atoms with Gasteiger partial charge in [0.05, 0.1) is 0 Å². The number of allylic oxidation sites excluding steroid dienone is 3. The lowest BCUT2D eigenvalue weighted by molar-refractivity contribution is -0.0793. The first-order valence-electron chi connectivity index (χ1n) is 8.29. The fraction of sp³-hybridized carbons (Fsp3) is 0.238. The van der Waals surface area contributed by atoms with E-state index in [0.717, 1.165) is 24.1 Å². The molecule has 0 amide bonds. The van der Waals surface area contributed by atoms with E-state index in [4.69, 9.17) is 0 Å². The van der Waals surface area contributed by atoms with Gasteiger partial charge in [-0.1, -0.05) is 60.7 Å². The van der Waals surface area contributed by atoms with Crippen molar-refractivity contribution in [2.75, 3.05) is 0 Å². The number of hydroxylamine groups is 2. The lowest BCUT2D eigenvalue weighted by Gasteiger charge is -2.37. The first-order valence-corrected chi connectivity index (χ1v) is 8.29. The Balaban J connectivity index is 1.96. The second kappa shape index (κ2) is 5.71. The Morgan fingerprint density at radius 2 is 1.48 bits per heavy atom. The molecule has 0 aromatic heterocycles. The molecule has 1 aliphatic heterocycles. The van der Waals surface area contributed by atoms with Gasteiger partial charge in [-0.15, -0.1) is 0 Å². The maximum atomic E-state index is 10.9. The van der Waals surface area contributed by atoms with E-state index in [1.807, 2.05) is 31.2 Å². The Morgan fingerprint density at radius 3 is 2.17 bits per heavy atom. The SMILES string of the molecule is CC1=C2CCCC2=C(c2ccccc2)C(c2ccccc2)N1O. The van der Waals surface area contributed by atoms with Crippen molar-refractivity contribution in [3.63, 3.8) is 0 Å². The normalized spacial score (nSPS) is 21.0. The average Bonchev–Trinajstić information content (AvgIpc) is 3.09. The molecule has 0 spiro atoms. The van der Waals surface area contributed by atoms with Gasteiger partial charge in [0.2, 0.25) is 0 Å². The van der Waals surface area contributed by atoms with Crippen molar-refractivity contribution < 1.29 is 5.21 Å². The topological polar surface area (TPSA) is 23.5 Å². The zero-order valence-electron chi connectivity index (χ0n) is 13.4. The number of rotatable bonds is 2. The van der Waals surface area contributed by atoms with Crippen LogP contribution < -0.4 is 0 Å². The van der Waals surface area contributed by atoms with Crippen LogP contribution in [-0.2, 0) is 0 Å². The van der Waals surface area contributed by atoms with Gasteiger partial charge in [-0.25, -0.2) is 5.06 Å². The summed E-state index contributed by atoms with van der Waals surface area (Å²) in [4.78, 5) is 0. The number of nitrogens with zero attached hydrogens (tertiary/aromatic N) is 1. The summed E-state index contributed by atoms with van der Waals surface area (Å²) in [5, 5.41) is 12.4. The molecule has 2 aliphatic rings. The summed E-state index contributed by atoms with van der Waals surface area (Å²) < 4.78 is 0. The fourth-order valence-corrected chi connectivity index (χ4v) is 3.95. The minimum absolute atomic E-state index is 0.129. The first-order chi connectivity index (χ1) is 11.3. The van der Waals surface area contributed by atoms with Gasteiger partial charge in [0.1, 0.15) is 6.04 Å². The predicted molar refractivity (Wildman–Crippen MR) is 92.7 cm³/mol. The summed E-state index contributed by atoms with van der Waals surface area (Å²) in [7, 11) is 0. The van der Waals surface area contributed by atoms with Crippen LogP contribution in [0.3, 0.4) is 0 Å². The smallest absolute Gasteiger partial charge is 0.107 e. The van der Waals surface area contributed by atoms with Crippen molar-refractivity contribution >= 4 is 5.57 Å². The van der Waals surface area contributed by atoms with Crippen LogP contribution in [0.2, 0.25) is 0 Å². The van der Waals surface area contributed by atoms with Gasteiger partial charge in [-0.3, -0.25) is 5.21 Å². The lowest BCUT2D eigenvalue weighted by atomic mass is 9.83. The van der Waals surface area contributed by atoms with Gasteiger partial charge in [0.15, 0.2) is 0 Å². The van der Waals surface area contributed by atoms with Crippen LogP contribution in [0, 0.1) is 0 Å². The largest absolute Gasteiger partial charge is 0.288 e. The molecule has 0 bridgehead atoms. The van der Waals surface area contributed by atoms with Crippen molar-refractivity contribution in [3.05, 3.63) is 88.6 Å². The Kier molecular flexibility index (Phi) is 3.55. The summed E-state index contributed by atoms with van der Waals surface area (Å²) in [6, 6.07) is 20.7. The molecule has 116 valence electrons. The molecule has 0 saturated heterocycles. The summed E-state index contributed by atoms with van der Waals surface area (Å²) in [6.07, 6.45) is 3.35. The third-order valence-electron chi connectivity index (χ3n) is 5.04. The van der Waals surface area contributed by atoms with Gasteiger partial charge < -0.3 is 0 Å². The van der Waals surface area contributed by atoms with Crippen molar-refractivity contribution in [1.29, 1.82) is 0 Å². The maximum Gasteiger partial charge on any atom is 0.107 e. The molecule has 1 unspecified atom stereocenters. The van der Waals surface area contributed by atoms with Crippen molar-refractivity contribution in [1.82, 2.24) is 5.06 Å². The van der Waals surface area contributed by atoms with Crippen LogP contribution in [0.5, 0.6) is 0 Å². The summed E-state index contributed by atoms with van der Waals surface area (Å²) in [5.41, 5.74) is 7.38. The maximum absolute atomic E-state index is 10.9. The molecule has 1 fully saturated rings. The van der Waals surface area contributed by atoms with Crippen molar-refractivity contribution in [3.8, 4) is 0 Å². The van der Waals surface area contributed by atoms with E-state index >= 15 is 0 Å². The molecule has 4 rings (SSSR count).